The molecule has 0 radical (unpaired) electrons. The SMILES string of the molecule is O=C(O)COc1ccc(C=Nc2nc3ccccc3s2)cc1. The number of benzene rings is 2. The van der Waals surface area contributed by atoms with Crippen LogP contribution in [0.5, 0.6) is 5.75 Å². The summed E-state index contributed by atoms with van der Waals surface area (Å²) in [6.45, 7) is -0.348. The van der Waals surface area contributed by atoms with Crippen molar-refractivity contribution >= 4 is 38.9 Å². The molecule has 0 unspecified atom stereocenters. The number of rotatable bonds is 5. The normalized spacial score (nSPS) is 11.1. The van der Waals surface area contributed by atoms with Crippen molar-refractivity contribution in [2.75, 3.05) is 6.61 Å². The van der Waals surface area contributed by atoms with Crippen molar-refractivity contribution in [2.45, 2.75) is 0 Å². The van der Waals surface area contributed by atoms with Gasteiger partial charge in [0, 0.05) is 6.21 Å². The van der Waals surface area contributed by atoms with Gasteiger partial charge in [-0.05, 0) is 42.0 Å². The minimum Gasteiger partial charge on any atom is -0.482 e. The Labute approximate surface area is 130 Å². The summed E-state index contributed by atoms with van der Waals surface area (Å²) in [6, 6.07) is 14.9. The monoisotopic (exact) mass is 312 g/mol. The maximum atomic E-state index is 10.4. The van der Waals surface area contributed by atoms with Crippen LogP contribution in [0.3, 0.4) is 0 Å². The number of hydrogen-bond donors (Lipinski definition) is 1. The molecule has 0 saturated carbocycles. The molecule has 3 aromatic rings. The zero-order chi connectivity index (χ0) is 15.4. The molecule has 110 valence electrons. The zero-order valence-electron chi connectivity index (χ0n) is 11.5. The van der Waals surface area contributed by atoms with E-state index < -0.39 is 5.97 Å². The molecule has 1 heterocycles. The van der Waals surface area contributed by atoms with Crippen molar-refractivity contribution in [3.05, 3.63) is 54.1 Å². The fourth-order valence-electron chi connectivity index (χ4n) is 1.84. The molecule has 1 N–H and O–H groups in total. The molecule has 0 bridgehead atoms. The lowest BCUT2D eigenvalue weighted by atomic mass is 10.2. The highest BCUT2D eigenvalue weighted by molar-refractivity contribution is 7.22. The number of carbonyl (C=O) groups is 1. The number of para-hydroxylation sites is 1. The molecular formula is C16H12N2O3S. The summed E-state index contributed by atoms with van der Waals surface area (Å²) in [5.41, 5.74) is 1.83. The predicted octanol–water partition coefficient (Wildman–Crippen LogP) is 3.51. The van der Waals surface area contributed by atoms with Crippen molar-refractivity contribution in [1.29, 1.82) is 0 Å². The smallest absolute Gasteiger partial charge is 0.341 e. The first-order valence-electron chi connectivity index (χ1n) is 6.55. The van der Waals surface area contributed by atoms with Crippen LogP contribution >= 0.6 is 11.3 Å². The molecule has 0 spiro atoms. The van der Waals surface area contributed by atoms with Crippen LogP contribution in [0, 0.1) is 0 Å². The fourth-order valence-corrected chi connectivity index (χ4v) is 2.65. The van der Waals surface area contributed by atoms with Crippen molar-refractivity contribution in [3.63, 3.8) is 0 Å². The third-order valence-electron chi connectivity index (χ3n) is 2.85. The van der Waals surface area contributed by atoms with Crippen LogP contribution in [0.1, 0.15) is 5.56 Å². The number of aliphatic imine (C=N–C) groups is 1. The number of hydrogen-bond acceptors (Lipinski definition) is 5. The van der Waals surface area contributed by atoms with E-state index in [2.05, 4.69) is 9.98 Å². The molecular weight excluding hydrogens is 300 g/mol. The lowest BCUT2D eigenvalue weighted by molar-refractivity contribution is -0.139. The summed E-state index contributed by atoms with van der Waals surface area (Å²) < 4.78 is 6.17. The molecule has 0 saturated heterocycles. The number of carboxylic acid groups (broad SMARTS) is 1. The van der Waals surface area contributed by atoms with E-state index in [-0.39, 0.29) is 6.61 Å². The summed E-state index contributed by atoms with van der Waals surface area (Å²) in [5.74, 6) is -0.485. The minimum atomic E-state index is -0.999. The average molecular weight is 312 g/mol. The fraction of sp³-hybridized carbons (Fsp3) is 0.0625. The molecule has 2 aromatic carbocycles. The van der Waals surface area contributed by atoms with E-state index in [9.17, 15) is 4.79 Å². The maximum absolute atomic E-state index is 10.4. The topological polar surface area (TPSA) is 71.8 Å². The van der Waals surface area contributed by atoms with Gasteiger partial charge >= 0.3 is 5.97 Å². The van der Waals surface area contributed by atoms with Crippen LogP contribution in [0.25, 0.3) is 10.2 Å². The molecule has 0 aliphatic heterocycles. The van der Waals surface area contributed by atoms with Gasteiger partial charge < -0.3 is 9.84 Å². The Morgan fingerprint density at radius 3 is 2.73 bits per heavy atom. The molecule has 0 fully saturated rings. The summed E-state index contributed by atoms with van der Waals surface area (Å²) in [7, 11) is 0. The molecule has 0 aliphatic rings. The zero-order valence-corrected chi connectivity index (χ0v) is 12.3. The summed E-state index contributed by atoms with van der Waals surface area (Å²) in [6.07, 6.45) is 1.72. The lowest BCUT2D eigenvalue weighted by Gasteiger charge is -2.02. The Kier molecular flexibility index (Phi) is 4.11. The average Bonchev–Trinajstić information content (AvgIpc) is 2.95. The highest BCUT2D eigenvalue weighted by Gasteiger charge is 2.01. The third-order valence-corrected chi connectivity index (χ3v) is 3.79. The van der Waals surface area contributed by atoms with E-state index in [1.807, 2.05) is 36.4 Å². The van der Waals surface area contributed by atoms with Crippen LogP contribution in [0.4, 0.5) is 5.13 Å². The highest BCUT2D eigenvalue weighted by atomic mass is 32.1. The largest absolute Gasteiger partial charge is 0.482 e. The van der Waals surface area contributed by atoms with Gasteiger partial charge in [-0.3, -0.25) is 0 Å². The Balaban J connectivity index is 1.70. The van der Waals surface area contributed by atoms with Gasteiger partial charge in [0.05, 0.1) is 10.2 Å². The van der Waals surface area contributed by atoms with E-state index in [0.717, 1.165) is 15.8 Å². The van der Waals surface area contributed by atoms with Gasteiger partial charge in [-0.1, -0.05) is 23.5 Å². The van der Waals surface area contributed by atoms with Crippen LogP contribution in [-0.4, -0.2) is 28.9 Å². The highest BCUT2D eigenvalue weighted by Crippen LogP contribution is 2.27. The molecule has 0 aliphatic carbocycles. The van der Waals surface area contributed by atoms with Gasteiger partial charge in [-0.15, -0.1) is 0 Å². The molecule has 6 heteroatoms. The number of carboxylic acids is 1. The second kappa shape index (κ2) is 6.36. The van der Waals surface area contributed by atoms with Gasteiger partial charge in [-0.25, -0.2) is 14.8 Å². The van der Waals surface area contributed by atoms with Crippen LogP contribution < -0.4 is 4.74 Å². The van der Waals surface area contributed by atoms with Crippen LogP contribution in [0.15, 0.2) is 53.5 Å². The quantitative estimate of drug-likeness (QED) is 0.732. The van der Waals surface area contributed by atoms with Crippen LogP contribution in [0.2, 0.25) is 0 Å². The molecule has 5 nitrogen and oxygen atoms in total. The summed E-state index contributed by atoms with van der Waals surface area (Å²) in [5, 5.41) is 9.25. The van der Waals surface area contributed by atoms with Crippen molar-refractivity contribution in [1.82, 2.24) is 4.98 Å². The van der Waals surface area contributed by atoms with E-state index in [1.54, 1.807) is 18.3 Å². The molecule has 0 amide bonds. The molecule has 3 rings (SSSR count). The van der Waals surface area contributed by atoms with Crippen molar-refractivity contribution < 1.29 is 14.6 Å². The van der Waals surface area contributed by atoms with Crippen molar-refractivity contribution in [2.24, 2.45) is 4.99 Å². The first kappa shape index (κ1) is 14.2. The van der Waals surface area contributed by atoms with E-state index in [0.29, 0.717) is 10.9 Å². The van der Waals surface area contributed by atoms with E-state index in [1.165, 1.54) is 11.3 Å². The van der Waals surface area contributed by atoms with Crippen LogP contribution in [-0.2, 0) is 4.79 Å². The number of fused-ring (bicyclic) bond motifs is 1. The van der Waals surface area contributed by atoms with Gasteiger partial charge in [0.1, 0.15) is 5.75 Å². The maximum Gasteiger partial charge on any atom is 0.341 e. The second-order valence-electron chi connectivity index (χ2n) is 4.47. The molecule has 1 aromatic heterocycles. The van der Waals surface area contributed by atoms with Gasteiger partial charge in [-0.2, -0.15) is 0 Å². The third kappa shape index (κ3) is 3.48. The number of nitrogens with zero attached hydrogens (tertiary/aromatic N) is 2. The number of aliphatic carboxylic acids is 1. The summed E-state index contributed by atoms with van der Waals surface area (Å²) >= 11 is 1.53. The number of aromatic nitrogens is 1. The first-order chi connectivity index (χ1) is 10.7. The Hall–Kier alpha value is -2.73. The first-order valence-corrected chi connectivity index (χ1v) is 7.37. The number of ether oxygens (including phenoxy) is 1. The predicted molar refractivity (Wildman–Crippen MR) is 86.4 cm³/mol. The Morgan fingerprint density at radius 2 is 2.00 bits per heavy atom. The van der Waals surface area contributed by atoms with Gasteiger partial charge in [0.25, 0.3) is 0 Å². The van der Waals surface area contributed by atoms with Crippen molar-refractivity contribution in [3.8, 4) is 5.75 Å². The molecule has 22 heavy (non-hydrogen) atoms. The van der Waals surface area contributed by atoms with E-state index >= 15 is 0 Å². The lowest BCUT2D eigenvalue weighted by Crippen LogP contribution is -2.09. The van der Waals surface area contributed by atoms with Gasteiger partial charge in [0.2, 0.25) is 5.13 Å². The van der Waals surface area contributed by atoms with Gasteiger partial charge in [0.15, 0.2) is 6.61 Å². The number of thiazole rings is 1. The van der Waals surface area contributed by atoms with E-state index in [4.69, 9.17) is 9.84 Å². The Bertz CT molecular complexity index is 792. The second-order valence-corrected chi connectivity index (χ2v) is 5.48. The minimum absolute atomic E-state index is 0.348. The standard InChI is InChI=1S/C16H12N2O3S/c19-15(20)10-21-12-7-5-11(6-8-12)9-17-16-18-13-3-1-2-4-14(13)22-16/h1-9H,10H2,(H,19,20). The summed E-state index contributed by atoms with van der Waals surface area (Å²) in [4.78, 5) is 19.2. The Morgan fingerprint density at radius 1 is 1.23 bits per heavy atom. The molecule has 0 atom stereocenters.